The fourth-order valence-electron chi connectivity index (χ4n) is 2.02. The van der Waals surface area contributed by atoms with Gasteiger partial charge in [-0.2, -0.15) is 10.2 Å². The highest BCUT2D eigenvalue weighted by atomic mass is 35.5. The Morgan fingerprint density at radius 1 is 1.37 bits per heavy atom. The average molecular weight is 284 g/mol. The van der Waals surface area contributed by atoms with Crippen molar-refractivity contribution in [3.8, 4) is 0 Å². The summed E-state index contributed by atoms with van der Waals surface area (Å²) in [5.74, 6) is 1.00. The van der Waals surface area contributed by atoms with E-state index in [1.807, 2.05) is 6.92 Å². The molecule has 0 fully saturated rings. The third-order valence-electron chi connectivity index (χ3n) is 3.11. The molecule has 0 aliphatic carbocycles. The molecule has 0 radical (unpaired) electrons. The molecule has 0 saturated carbocycles. The van der Waals surface area contributed by atoms with E-state index in [0.717, 1.165) is 25.0 Å². The summed E-state index contributed by atoms with van der Waals surface area (Å²) in [5, 5.41) is 10.9. The molecule has 106 valence electrons. The molecule has 0 aromatic carbocycles. The first-order valence-corrected chi connectivity index (χ1v) is 7.27. The minimum atomic E-state index is -0.0776. The van der Waals surface area contributed by atoms with Crippen LogP contribution in [0.5, 0.6) is 0 Å². The van der Waals surface area contributed by atoms with Gasteiger partial charge >= 0.3 is 0 Å². The summed E-state index contributed by atoms with van der Waals surface area (Å²) in [6.45, 7) is 6.43. The van der Waals surface area contributed by atoms with Crippen molar-refractivity contribution in [3.05, 3.63) is 23.0 Å². The Morgan fingerprint density at radius 3 is 2.74 bits per heavy atom. The second-order valence-corrected chi connectivity index (χ2v) is 5.21. The molecule has 5 heteroatoms. The van der Waals surface area contributed by atoms with E-state index in [2.05, 4.69) is 22.4 Å². The Morgan fingerprint density at radius 2 is 2.11 bits per heavy atom. The van der Waals surface area contributed by atoms with Crippen molar-refractivity contribution >= 4 is 17.5 Å². The fraction of sp³-hybridized carbons (Fsp3) is 0.643. The summed E-state index contributed by atoms with van der Waals surface area (Å²) < 4.78 is 0. The molecule has 1 aromatic heterocycles. The summed E-state index contributed by atoms with van der Waals surface area (Å²) in [5.41, 5.74) is 2.02. The molecule has 1 unspecified atom stereocenters. The van der Waals surface area contributed by atoms with Crippen LogP contribution in [-0.2, 0) is 0 Å². The monoisotopic (exact) mass is 283 g/mol. The number of aryl methyl sites for hydroxylation is 2. The Hall–Kier alpha value is -1.16. The first-order valence-electron chi connectivity index (χ1n) is 6.73. The number of halogens is 1. The van der Waals surface area contributed by atoms with Crippen molar-refractivity contribution in [3.63, 3.8) is 0 Å². The van der Waals surface area contributed by atoms with Crippen molar-refractivity contribution < 1.29 is 4.79 Å². The topological polar surface area (TPSA) is 54.9 Å². The van der Waals surface area contributed by atoms with E-state index in [1.54, 1.807) is 13.0 Å². The summed E-state index contributed by atoms with van der Waals surface area (Å²) in [7, 11) is 0. The van der Waals surface area contributed by atoms with E-state index in [4.69, 9.17) is 11.6 Å². The Balaban J connectivity index is 2.61. The number of rotatable bonds is 7. The summed E-state index contributed by atoms with van der Waals surface area (Å²) in [6.07, 6.45) is 3.12. The van der Waals surface area contributed by atoms with Gasteiger partial charge in [0.2, 0.25) is 0 Å². The molecule has 0 aliphatic heterocycles. The summed E-state index contributed by atoms with van der Waals surface area (Å²) >= 11 is 5.78. The average Bonchev–Trinajstić information content (AvgIpc) is 2.39. The minimum Gasteiger partial charge on any atom is -0.352 e. The zero-order valence-electron chi connectivity index (χ0n) is 11.9. The lowest BCUT2D eigenvalue weighted by Crippen LogP contribution is -2.30. The minimum absolute atomic E-state index is 0.0776. The SMILES string of the molecule is CCCC(CCCl)CNC(=O)c1cc(C)nnc1C. The van der Waals surface area contributed by atoms with E-state index in [-0.39, 0.29) is 5.91 Å². The predicted octanol–water partition coefficient (Wildman–Crippen LogP) is 2.87. The fourth-order valence-corrected chi connectivity index (χ4v) is 2.33. The molecule has 19 heavy (non-hydrogen) atoms. The third kappa shape index (κ3) is 5.15. The van der Waals surface area contributed by atoms with Crippen molar-refractivity contribution in [1.82, 2.24) is 15.5 Å². The smallest absolute Gasteiger partial charge is 0.253 e. The van der Waals surface area contributed by atoms with Crippen LogP contribution < -0.4 is 5.32 Å². The van der Waals surface area contributed by atoms with E-state index in [9.17, 15) is 4.79 Å². The maximum atomic E-state index is 12.1. The molecule has 1 atom stereocenters. The summed E-state index contributed by atoms with van der Waals surface area (Å²) in [4.78, 5) is 12.1. The number of carbonyl (C=O) groups is 1. The second-order valence-electron chi connectivity index (χ2n) is 4.83. The molecule has 4 nitrogen and oxygen atoms in total. The second kappa shape index (κ2) is 8.10. The van der Waals surface area contributed by atoms with Gasteiger partial charge in [0.25, 0.3) is 5.91 Å². The van der Waals surface area contributed by atoms with Gasteiger partial charge in [-0.15, -0.1) is 11.6 Å². The molecule has 0 spiro atoms. The van der Waals surface area contributed by atoms with Gasteiger partial charge in [0, 0.05) is 12.4 Å². The van der Waals surface area contributed by atoms with Crippen LogP contribution in [0.15, 0.2) is 6.07 Å². The van der Waals surface area contributed by atoms with Gasteiger partial charge in [0.05, 0.1) is 17.0 Å². The van der Waals surface area contributed by atoms with Gasteiger partial charge in [0.1, 0.15) is 0 Å². The Bertz CT molecular complexity index is 417. The lowest BCUT2D eigenvalue weighted by Gasteiger charge is -2.16. The lowest BCUT2D eigenvalue weighted by atomic mass is 10.0. The van der Waals surface area contributed by atoms with Gasteiger partial charge in [-0.25, -0.2) is 0 Å². The van der Waals surface area contributed by atoms with Crippen molar-refractivity contribution in [2.24, 2.45) is 5.92 Å². The number of carbonyl (C=O) groups excluding carboxylic acids is 1. The number of hydrogen-bond acceptors (Lipinski definition) is 3. The highest BCUT2D eigenvalue weighted by Gasteiger charge is 2.13. The molecule has 0 saturated heterocycles. The quantitative estimate of drug-likeness (QED) is 0.783. The third-order valence-corrected chi connectivity index (χ3v) is 3.33. The number of alkyl halides is 1. The molecule has 1 N–H and O–H groups in total. The lowest BCUT2D eigenvalue weighted by molar-refractivity contribution is 0.0944. The van der Waals surface area contributed by atoms with Crippen LogP contribution in [0, 0.1) is 19.8 Å². The summed E-state index contributed by atoms with van der Waals surface area (Å²) in [6, 6.07) is 1.77. The predicted molar refractivity (Wildman–Crippen MR) is 77.6 cm³/mol. The highest BCUT2D eigenvalue weighted by molar-refractivity contribution is 6.17. The van der Waals surface area contributed by atoms with Gasteiger partial charge in [-0.3, -0.25) is 4.79 Å². The first-order chi connectivity index (χ1) is 9.08. The van der Waals surface area contributed by atoms with Crippen molar-refractivity contribution in [2.75, 3.05) is 12.4 Å². The zero-order valence-corrected chi connectivity index (χ0v) is 12.6. The molecular formula is C14H22ClN3O. The van der Waals surface area contributed by atoms with Gasteiger partial charge < -0.3 is 5.32 Å². The van der Waals surface area contributed by atoms with Crippen molar-refractivity contribution in [1.29, 1.82) is 0 Å². The molecule has 1 amide bonds. The van der Waals surface area contributed by atoms with Crippen LogP contribution in [0.1, 0.15) is 47.9 Å². The normalized spacial score (nSPS) is 12.2. The van der Waals surface area contributed by atoms with Crippen molar-refractivity contribution in [2.45, 2.75) is 40.0 Å². The van der Waals surface area contributed by atoms with Gasteiger partial charge in [-0.05, 0) is 38.7 Å². The zero-order chi connectivity index (χ0) is 14.3. The van der Waals surface area contributed by atoms with E-state index < -0.39 is 0 Å². The Labute approximate surface area is 120 Å². The molecule has 1 aromatic rings. The Kier molecular flexibility index (Phi) is 6.78. The number of hydrogen-bond donors (Lipinski definition) is 1. The first kappa shape index (κ1) is 15.9. The number of aromatic nitrogens is 2. The largest absolute Gasteiger partial charge is 0.352 e. The van der Waals surface area contributed by atoms with Crippen LogP contribution in [-0.4, -0.2) is 28.5 Å². The van der Waals surface area contributed by atoms with E-state index >= 15 is 0 Å². The van der Waals surface area contributed by atoms with E-state index in [0.29, 0.717) is 29.6 Å². The van der Waals surface area contributed by atoms with Crippen LogP contribution >= 0.6 is 11.6 Å². The molecule has 1 rings (SSSR count). The molecule has 1 heterocycles. The number of amides is 1. The molecular weight excluding hydrogens is 262 g/mol. The molecule has 0 aliphatic rings. The highest BCUT2D eigenvalue weighted by Crippen LogP contribution is 2.12. The van der Waals surface area contributed by atoms with Crippen LogP contribution in [0.25, 0.3) is 0 Å². The van der Waals surface area contributed by atoms with Crippen LogP contribution in [0.3, 0.4) is 0 Å². The standard InChI is InChI=1S/C14H22ClN3O/c1-4-5-12(6-7-15)9-16-14(19)13-8-10(2)17-18-11(13)3/h8,12H,4-7,9H2,1-3H3,(H,16,19). The maximum absolute atomic E-state index is 12.1. The maximum Gasteiger partial charge on any atom is 0.253 e. The molecule has 0 bridgehead atoms. The number of nitrogens with one attached hydrogen (secondary N) is 1. The van der Waals surface area contributed by atoms with Gasteiger partial charge in [0.15, 0.2) is 0 Å². The number of nitrogens with zero attached hydrogens (tertiary/aromatic N) is 2. The van der Waals surface area contributed by atoms with E-state index in [1.165, 1.54) is 0 Å². The van der Waals surface area contributed by atoms with Crippen LogP contribution in [0.2, 0.25) is 0 Å². The van der Waals surface area contributed by atoms with Crippen LogP contribution in [0.4, 0.5) is 0 Å². The van der Waals surface area contributed by atoms with Gasteiger partial charge in [-0.1, -0.05) is 13.3 Å².